The van der Waals surface area contributed by atoms with Crippen LogP contribution < -0.4 is 10.6 Å². The number of carbonyl (C=O) groups excluding carboxylic acids is 2. The number of hydrogen-bond acceptors (Lipinski definition) is 3. The molecular weight excluding hydrogens is 398 g/mol. The minimum Gasteiger partial charge on any atom is -0.361 e. The molecule has 0 aromatic heterocycles. The predicted octanol–water partition coefficient (Wildman–Crippen LogP) is 5.34. The van der Waals surface area contributed by atoms with Crippen LogP contribution in [-0.4, -0.2) is 23.3 Å². The van der Waals surface area contributed by atoms with Crippen LogP contribution in [0.25, 0.3) is 0 Å². The predicted molar refractivity (Wildman–Crippen MR) is 120 cm³/mol. The average molecular weight is 418 g/mol. The third-order valence-corrected chi connectivity index (χ3v) is 5.26. The lowest BCUT2D eigenvalue weighted by Gasteiger charge is -2.37. The smallest absolute Gasteiger partial charge is 0.258 e. The molecule has 3 aromatic rings. The van der Waals surface area contributed by atoms with E-state index in [0.717, 1.165) is 11.3 Å². The zero-order valence-corrected chi connectivity index (χ0v) is 16.9. The Bertz CT molecular complexity index is 1130. The number of anilines is 2. The molecule has 0 bridgehead atoms. The second-order valence-corrected chi connectivity index (χ2v) is 7.31. The fraction of sp³-hybridized carbons (Fsp3) is 0.0833. The lowest BCUT2D eigenvalue weighted by molar-refractivity contribution is 0.0707. The number of amides is 2. The molecule has 6 heteroatoms. The van der Waals surface area contributed by atoms with E-state index in [-0.39, 0.29) is 18.0 Å². The normalized spacial score (nSPS) is 15.2. The minimum atomic E-state index is -0.387. The second-order valence-electron chi connectivity index (χ2n) is 6.90. The van der Waals surface area contributed by atoms with Gasteiger partial charge in [0.05, 0.1) is 16.1 Å². The van der Waals surface area contributed by atoms with Crippen LogP contribution in [0.5, 0.6) is 0 Å². The molecule has 2 N–H and O–H groups in total. The molecule has 30 heavy (non-hydrogen) atoms. The number of nitrogens with zero attached hydrogens (tertiary/aromatic N) is 1. The Kier molecular flexibility index (Phi) is 5.55. The van der Waals surface area contributed by atoms with Crippen LogP contribution in [0.3, 0.4) is 0 Å². The summed E-state index contributed by atoms with van der Waals surface area (Å²) in [6, 6.07) is 21.7. The highest BCUT2D eigenvalue weighted by Crippen LogP contribution is 2.33. The highest BCUT2D eigenvalue weighted by Gasteiger charge is 2.32. The van der Waals surface area contributed by atoms with Gasteiger partial charge in [0.1, 0.15) is 6.17 Å². The van der Waals surface area contributed by atoms with E-state index in [1.165, 1.54) is 0 Å². The highest BCUT2D eigenvalue weighted by molar-refractivity contribution is 6.34. The van der Waals surface area contributed by atoms with Crippen molar-refractivity contribution in [3.05, 3.63) is 107 Å². The Labute approximate surface area is 180 Å². The lowest BCUT2D eigenvalue weighted by atomic mass is 10.0. The first kappa shape index (κ1) is 19.7. The Morgan fingerprint density at radius 2 is 1.87 bits per heavy atom. The number of hydrogen-bond donors (Lipinski definition) is 2. The highest BCUT2D eigenvalue weighted by atomic mass is 35.5. The first-order valence-electron chi connectivity index (χ1n) is 9.52. The molecular formula is C24H20ClN3O2. The summed E-state index contributed by atoms with van der Waals surface area (Å²) in [7, 11) is 0. The molecule has 0 aliphatic carbocycles. The molecule has 0 spiro atoms. The van der Waals surface area contributed by atoms with Crippen molar-refractivity contribution in [2.75, 3.05) is 17.2 Å². The van der Waals surface area contributed by atoms with Crippen molar-refractivity contribution < 1.29 is 9.59 Å². The van der Waals surface area contributed by atoms with Gasteiger partial charge in [-0.15, -0.1) is 6.58 Å². The van der Waals surface area contributed by atoms with Crippen LogP contribution in [0.4, 0.5) is 11.4 Å². The van der Waals surface area contributed by atoms with Gasteiger partial charge < -0.3 is 15.5 Å². The zero-order valence-electron chi connectivity index (χ0n) is 16.1. The largest absolute Gasteiger partial charge is 0.361 e. The Balaban J connectivity index is 1.64. The summed E-state index contributed by atoms with van der Waals surface area (Å²) in [6.45, 7) is 4.17. The van der Waals surface area contributed by atoms with E-state index in [1.54, 1.807) is 47.4 Å². The van der Waals surface area contributed by atoms with Gasteiger partial charge in [-0.1, -0.05) is 54.1 Å². The SMILES string of the molecule is C=CCN1C(=O)c2ccccc2N[C@@H]1c1cccc(NC(=O)c2ccccc2Cl)c1. The van der Waals surface area contributed by atoms with E-state index < -0.39 is 0 Å². The fourth-order valence-corrected chi connectivity index (χ4v) is 3.74. The summed E-state index contributed by atoms with van der Waals surface area (Å²) >= 11 is 6.13. The monoisotopic (exact) mass is 417 g/mol. The molecule has 150 valence electrons. The lowest BCUT2D eigenvalue weighted by Crippen LogP contribution is -2.43. The quantitative estimate of drug-likeness (QED) is 0.550. The van der Waals surface area contributed by atoms with E-state index in [1.807, 2.05) is 36.4 Å². The molecule has 1 heterocycles. The summed E-state index contributed by atoms with van der Waals surface area (Å²) in [6.07, 6.45) is 1.31. The van der Waals surface area contributed by atoms with E-state index in [4.69, 9.17) is 11.6 Å². The van der Waals surface area contributed by atoms with Crippen LogP contribution in [0, 0.1) is 0 Å². The summed E-state index contributed by atoms with van der Waals surface area (Å²) in [5.41, 5.74) is 3.26. The minimum absolute atomic E-state index is 0.0697. The van der Waals surface area contributed by atoms with E-state index in [2.05, 4.69) is 17.2 Å². The molecule has 0 saturated carbocycles. The molecule has 4 rings (SSSR count). The number of para-hydroxylation sites is 1. The summed E-state index contributed by atoms with van der Waals surface area (Å²) in [5.74, 6) is -0.363. The molecule has 2 amide bonds. The maximum absolute atomic E-state index is 13.0. The van der Waals surface area contributed by atoms with E-state index in [9.17, 15) is 9.59 Å². The number of fused-ring (bicyclic) bond motifs is 1. The van der Waals surface area contributed by atoms with Crippen molar-refractivity contribution in [2.24, 2.45) is 0 Å². The Hall–Kier alpha value is -3.57. The van der Waals surface area contributed by atoms with Crippen molar-refractivity contribution in [1.82, 2.24) is 4.90 Å². The van der Waals surface area contributed by atoms with Crippen molar-refractivity contribution in [3.63, 3.8) is 0 Å². The number of benzene rings is 3. The van der Waals surface area contributed by atoms with Crippen molar-refractivity contribution in [1.29, 1.82) is 0 Å². The van der Waals surface area contributed by atoms with Crippen molar-refractivity contribution >= 4 is 34.8 Å². The topological polar surface area (TPSA) is 61.4 Å². The maximum atomic E-state index is 13.0. The molecule has 1 atom stereocenters. The van der Waals surface area contributed by atoms with Gasteiger partial charge in [-0.25, -0.2) is 0 Å². The molecule has 3 aromatic carbocycles. The van der Waals surface area contributed by atoms with Gasteiger partial charge in [0.15, 0.2) is 0 Å². The molecule has 0 fully saturated rings. The molecule has 0 saturated heterocycles. The number of carbonyl (C=O) groups is 2. The molecule has 0 radical (unpaired) electrons. The first-order valence-corrected chi connectivity index (χ1v) is 9.89. The zero-order chi connectivity index (χ0) is 21.1. The first-order chi connectivity index (χ1) is 14.6. The summed E-state index contributed by atoms with van der Waals surface area (Å²) < 4.78 is 0. The van der Waals surface area contributed by atoms with Gasteiger partial charge in [0.25, 0.3) is 11.8 Å². The van der Waals surface area contributed by atoms with Gasteiger partial charge >= 0.3 is 0 Å². The summed E-state index contributed by atoms with van der Waals surface area (Å²) in [4.78, 5) is 27.4. The van der Waals surface area contributed by atoms with Gasteiger partial charge in [-0.2, -0.15) is 0 Å². The Morgan fingerprint density at radius 3 is 2.67 bits per heavy atom. The van der Waals surface area contributed by atoms with Gasteiger partial charge in [0.2, 0.25) is 0 Å². The van der Waals surface area contributed by atoms with Crippen LogP contribution in [0.15, 0.2) is 85.5 Å². The standard InChI is InChI=1S/C24H20ClN3O2/c1-2-14-28-22(27-21-13-6-4-11-19(21)24(28)30)16-8-7-9-17(15-16)26-23(29)18-10-3-5-12-20(18)25/h2-13,15,22,27H,1,14H2,(H,26,29)/t22-/m0/s1. The average Bonchev–Trinajstić information content (AvgIpc) is 2.76. The number of halogens is 1. The molecule has 1 aliphatic heterocycles. The van der Waals surface area contributed by atoms with Gasteiger partial charge in [-0.3, -0.25) is 9.59 Å². The third-order valence-electron chi connectivity index (χ3n) is 4.93. The molecule has 5 nitrogen and oxygen atoms in total. The number of rotatable bonds is 5. The fourth-order valence-electron chi connectivity index (χ4n) is 3.51. The number of nitrogens with one attached hydrogen (secondary N) is 2. The van der Waals surface area contributed by atoms with Crippen LogP contribution in [0.1, 0.15) is 32.4 Å². The van der Waals surface area contributed by atoms with E-state index >= 15 is 0 Å². The van der Waals surface area contributed by atoms with Crippen molar-refractivity contribution in [2.45, 2.75) is 6.17 Å². The molecule has 1 aliphatic rings. The van der Waals surface area contributed by atoms with Gasteiger partial charge in [-0.05, 0) is 42.0 Å². The maximum Gasteiger partial charge on any atom is 0.258 e. The van der Waals surface area contributed by atoms with Crippen LogP contribution >= 0.6 is 11.6 Å². The second kappa shape index (κ2) is 8.43. The van der Waals surface area contributed by atoms with Crippen LogP contribution in [0.2, 0.25) is 5.02 Å². The van der Waals surface area contributed by atoms with E-state index in [0.29, 0.717) is 28.4 Å². The Morgan fingerprint density at radius 1 is 1.10 bits per heavy atom. The van der Waals surface area contributed by atoms with Crippen molar-refractivity contribution in [3.8, 4) is 0 Å². The third kappa shape index (κ3) is 3.80. The van der Waals surface area contributed by atoms with Crippen LogP contribution in [-0.2, 0) is 0 Å². The molecule has 0 unspecified atom stereocenters. The van der Waals surface area contributed by atoms with Gasteiger partial charge in [0, 0.05) is 17.9 Å². The summed E-state index contributed by atoms with van der Waals surface area (Å²) in [5, 5.41) is 6.69.